The van der Waals surface area contributed by atoms with Crippen LogP contribution in [0.1, 0.15) is 33.9 Å². The summed E-state index contributed by atoms with van der Waals surface area (Å²) in [6.45, 7) is 1.59. The van der Waals surface area contributed by atoms with Crippen LogP contribution in [0.15, 0.2) is 54.6 Å². The van der Waals surface area contributed by atoms with Gasteiger partial charge in [0.1, 0.15) is 5.75 Å². The summed E-state index contributed by atoms with van der Waals surface area (Å²) in [7, 11) is 1.55. The van der Waals surface area contributed by atoms with E-state index >= 15 is 0 Å². The Bertz CT molecular complexity index is 981. The zero-order valence-corrected chi connectivity index (χ0v) is 14.3. The van der Waals surface area contributed by atoms with E-state index in [4.69, 9.17) is 4.74 Å². The lowest BCUT2D eigenvalue weighted by atomic mass is 9.87. The highest BCUT2D eigenvalue weighted by atomic mass is 19.4. The van der Waals surface area contributed by atoms with Gasteiger partial charge in [0.2, 0.25) is 0 Å². The number of nitrogens with zero attached hydrogens (tertiary/aromatic N) is 1. The Kier molecular flexibility index (Phi) is 3.75. The van der Waals surface area contributed by atoms with Crippen molar-refractivity contribution in [2.45, 2.75) is 19.0 Å². The molecule has 0 saturated heterocycles. The first kappa shape index (κ1) is 16.6. The molecule has 1 atom stereocenters. The third-order valence-electron chi connectivity index (χ3n) is 4.74. The van der Waals surface area contributed by atoms with Gasteiger partial charge in [-0.15, -0.1) is 0 Å². The second kappa shape index (κ2) is 5.87. The summed E-state index contributed by atoms with van der Waals surface area (Å²) in [5.41, 5.74) is 2.67. The van der Waals surface area contributed by atoms with E-state index in [2.05, 4.69) is 4.98 Å². The Morgan fingerprint density at radius 3 is 2.38 bits per heavy atom. The minimum atomic E-state index is -4.45. The van der Waals surface area contributed by atoms with Gasteiger partial charge in [0.25, 0.3) is 0 Å². The highest BCUT2D eigenvalue weighted by Crippen LogP contribution is 2.52. The maximum atomic E-state index is 13.8. The summed E-state index contributed by atoms with van der Waals surface area (Å²) in [6, 6.07) is 15.7. The molecule has 1 heterocycles. The molecule has 26 heavy (non-hydrogen) atoms. The van der Waals surface area contributed by atoms with Crippen molar-refractivity contribution in [3.8, 4) is 17.0 Å². The van der Waals surface area contributed by atoms with Gasteiger partial charge >= 0.3 is 6.18 Å². The number of ether oxygens (including phenoxy) is 1. The number of aryl methyl sites for hydroxylation is 1. The Morgan fingerprint density at radius 1 is 1.00 bits per heavy atom. The quantitative estimate of drug-likeness (QED) is 0.468. The number of halogens is 3. The lowest BCUT2D eigenvalue weighted by Gasteiger charge is -2.19. The summed E-state index contributed by atoms with van der Waals surface area (Å²) in [4.78, 5) is 4.46. The standard InChI is InChI=1S/C21H16F3NO/c1-12-10-17(21(22,23)24)19-18(13-6-4-3-5-7-13)16-11-14(26-2)8-9-15(16)20(19)25-12/h3-11,18H,1-2H3. The summed E-state index contributed by atoms with van der Waals surface area (Å²) < 4.78 is 46.8. The lowest BCUT2D eigenvalue weighted by molar-refractivity contribution is -0.138. The van der Waals surface area contributed by atoms with Crippen molar-refractivity contribution in [3.05, 3.63) is 82.5 Å². The van der Waals surface area contributed by atoms with Crippen molar-refractivity contribution in [1.29, 1.82) is 0 Å². The molecular formula is C21H16F3NO. The van der Waals surface area contributed by atoms with Gasteiger partial charge in [0.15, 0.2) is 0 Å². The van der Waals surface area contributed by atoms with Gasteiger partial charge in [-0.2, -0.15) is 13.2 Å². The predicted octanol–water partition coefficient (Wildman–Crippen LogP) is 5.58. The molecule has 0 saturated carbocycles. The molecule has 1 unspecified atom stereocenters. The fraction of sp³-hybridized carbons (Fsp3) is 0.190. The number of benzene rings is 2. The molecule has 0 spiro atoms. The van der Waals surface area contributed by atoms with Crippen molar-refractivity contribution in [1.82, 2.24) is 4.98 Å². The molecule has 2 nitrogen and oxygen atoms in total. The number of hydrogen-bond donors (Lipinski definition) is 0. The van der Waals surface area contributed by atoms with Gasteiger partial charge in [-0.05, 0) is 42.3 Å². The van der Waals surface area contributed by atoms with Crippen LogP contribution < -0.4 is 4.74 Å². The third kappa shape index (κ3) is 2.55. The molecular weight excluding hydrogens is 339 g/mol. The van der Waals surface area contributed by atoms with Crippen molar-refractivity contribution >= 4 is 0 Å². The minimum absolute atomic E-state index is 0.220. The first-order chi connectivity index (χ1) is 12.4. The number of rotatable bonds is 2. The zero-order valence-electron chi connectivity index (χ0n) is 14.3. The highest BCUT2D eigenvalue weighted by Gasteiger charge is 2.42. The molecule has 2 aromatic carbocycles. The smallest absolute Gasteiger partial charge is 0.416 e. The second-order valence-corrected chi connectivity index (χ2v) is 6.37. The Labute approximate surface area is 149 Å². The topological polar surface area (TPSA) is 22.1 Å². The van der Waals surface area contributed by atoms with Crippen LogP contribution in [-0.4, -0.2) is 12.1 Å². The molecule has 3 aromatic rings. The summed E-state index contributed by atoms with van der Waals surface area (Å²) in [5.74, 6) is 0.0868. The van der Waals surface area contributed by atoms with Crippen molar-refractivity contribution in [3.63, 3.8) is 0 Å². The molecule has 0 aliphatic heterocycles. The molecule has 132 valence electrons. The van der Waals surface area contributed by atoms with Crippen LogP contribution >= 0.6 is 0 Å². The number of pyridine rings is 1. The van der Waals surface area contributed by atoms with Gasteiger partial charge in [-0.3, -0.25) is 4.98 Å². The Hall–Kier alpha value is -2.82. The average Bonchev–Trinajstić information content (AvgIpc) is 2.94. The molecule has 1 aliphatic rings. The van der Waals surface area contributed by atoms with Gasteiger partial charge in [0.05, 0.1) is 18.4 Å². The van der Waals surface area contributed by atoms with E-state index < -0.39 is 17.7 Å². The largest absolute Gasteiger partial charge is 0.497 e. The number of alkyl halides is 3. The zero-order chi connectivity index (χ0) is 18.5. The molecule has 0 N–H and O–H groups in total. The number of aromatic nitrogens is 1. The fourth-order valence-electron chi connectivity index (χ4n) is 3.68. The van der Waals surface area contributed by atoms with E-state index in [1.54, 1.807) is 26.2 Å². The van der Waals surface area contributed by atoms with E-state index in [9.17, 15) is 13.2 Å². The molecule has 0 radical (unpaired) electrons. The van der Waals surface area contributed by atoms with Crippen molar-refractivity contribution in [2.75, 3.05) is 7.11 Å². The normalized spacial score (nSPS) is 15.5. The monoisotopic (exact) mass is 355 g/mol. The van der Waals surface area contributed by atoms with Crippen LogP contribution in [-0.2, 0) is 6.18 Å². The molecule has 4 rings (SSSR count). The van der Waals surface area contributed by atoms with Gasteiger partial charge in [-0.1, -0.05) is 30.3 Å². The number of hydrogen-bond acceptors (Lipinski definition) is 2. The molecule has 0 bridgehead atoms. The van der Waals surface area contributed by atoms with Crippen molar-refractivity contribution in [2.24, 2.45) is 0 Å². The summed E-state index contributed by atoms with van der Waals surface area (Å²) in [6.07, 6.45) is -4.45. The number of methoxy groups -OCH3 is 1. The van der Waals surface area contributed by atoms with E-state index in [0.717, 1.165) is 22.8 Å². The van der Waals surface area contributed by atoms with Crippen LogP contribution in [0, 0.1) is 6.92 Å². The molecule has 1 aromatic heterocycles. The average molecular weight is 355 g/mol. The van der Waals surface area contributed by atoms with E-state index in [0.29, 0.717) is 17.1 Å². The third-order valence-corrected chi connectivity index (χ3v) is 4.74. The van der Waals surface area contributed by atoms with Crippen LogP contribution in [0.5, 0.6) is 5.75 Å². The molecule has 0 amide bonds. The Morgan fingerprint density at radius 2 is 1.73 bits per heavy atom. The number of fused-ring (bicyclic) bond motifs is 3. The Balaban J connectivity index is 2.07. The lowest BCUT2D eigenvalue weighted by Crippen LogP contribution is -2.13. The van der Waals surface area contributed by atoms with Gasteiger partial charge in [0, 0.05) is 22.7 Å². The maximum absolute atomic E-state index is 13.8. The fourth-order valence-corrected chi connectivity index (χ4v) is 3.68. The van der Waals surface area contributed by atoms with Crippen LogP contribution in [0.25, 0.3) is 11.3 Å². The van der Waals surface area contributed by atoms with Gasteiger partial charge < -0.3 is 4.74 Å². The highest BCUT2D eigenvalue weighted by molar-refractivity contribution is 5.80. The van der Waals surface area contributed by atoms with E-state index in [-0.39, 0.29) is 5.56 Å². The summed E-state index contributed by atoms with van der Waals surface area (Å²) >= 11 is 0. The van der Waals surface area contributed by atoms with Gasteiger partial charge in [-0.25, -0.2) is 0 Å². The second-order valence-electron chi connectivity index (χ2n) is 6.37. The SMILES string of the molecule is COc1ccc2c(c1)C(c1ccccc1)c1c(C(F)(F)F)cc(C)nc1-2. The van der Waals surface area contributed by atoms with Crippen LogP contribution in [0.3, 0.4) is 0 Å². The van der Waals surface area contributed by atoms with Crippen LogP contribution in [0.4, 0.5) is 13.2 Å². The molecule has 1 aliphatic carbocycles. The maximum Gasteiger partial charge on any atom is 0.416 e. The molecule has 0 fully saturated rings. The molecule has 5 heteroatoms. The van der Waals surface area contributed by atoms with E-state index in [1.165, 1.54) is 0 Å². The summed E-state index contributed by atoms with van der Waals surface area (Å²) in [5, 5.41) is 0. The first-order valence-corrected chi connectivity index (χ1v) is 8.22. The predicted molar refractivity (Wildman–Crippen MR) is 93.4 cm³/mol. The van der Waals surface area contributed by atoms with E-state index in [1.807, 2.05) is 36.4 Å². The van der Waals surface area contributed by atoms with Crippen molar-refractivity contribution < 1.29 is 17.9 Å². The first-order valence-electron chi connectivity index (χ1n) is 8.22. The van der Waals surface area contributed by atoms with Crippen LogP contribution in [0.2, 0.25) is 0 Å². The minimum Gasteiger partial charge on any atom is -0.497 e.